The maximum Gasteiger partial charge on any atom is 0.255 e. The minimum absolute atomic E-state index is 0.286. The van der Waals surface area contributed by atoms with Crippen LogP contribution < -0.4 is 10.1 Å². The monoisotopic (exact) mass is 308 g/mol. The van der Waals surface area contributed by atoms with Gasteiger partial charge in [0.25, 0.3) is 5.91 Å². The summed E-state index contributed by atoms with van der Waals surface area (Å²) >= 11 is 0. The van der Waals surface area contributed by atoms with Gasteiger partial charge in [0.2, 0.25) is 5.88 Å². The number of nitrogens with zero attached hydrogens (tertiary/aromatic N) is 1. The number of hydrogen-bond acceptors (Lipinski definition) is 3. The lowest BCUT2D eigenvalue weighted by Crippen LogP contribution is -2.12. The molecule has 0 aliphatic rings. The lowest BCUT2D eigenvalue weighted by Gasteiger charge is -2.11. The van der Waals surface area contributed by atoms with Crippen molar-refractivity contribution in [3.05, 3.63) is 84.3 Å². The molecule has 0 radical (unpaired) electrons. The van der Waals surface area contributed by atoms with Gasteiger partial charge < -0.3 is 10.1 Å². The van der Waals surface area contributed by atoms with Crippen molar-refractivity contribution in [2.24, 2.45) is 0 Å². The van der Waals surface area contributed by atoms with Gasteiger partial charge in [-0.2, -0.15) is 0 Å². The van der Waals surface area contributed by atoms with Gasteiger partial charge in [-0.3, -0.25) is 4.79 Å². The first-order chi connectivity index (χ1) is 11.2. The first-order valence-electron chi connectivity index (χ1n) is 6.97. The van der Waals surface area contributed by atoms with Crippen molar-refractivity contribution in [3.63, 3.8) is 0 Å². The van der Waals surface area contributed by atoms with Crippen molar-refractivity contribution >= 4 is 11.6 Å². The van der Waals surface area contributed by atoms with E-state index in [9.17, 15) is 9.18 Å². The van der Waals surface area contributed by atoms with Gasteiger partial charge in [0.05, 0.1) is 0 Å². The third-order valence-corrected chi connectivity index (χ3v) is 3.08. The van der Waals surface area contributed by atoms with E-state index >= 15 is 0 Å². The molecule has 0 saturated heterocycles. The van der Waals surface area contributed by atoms with Gasteiger partial charge in [-0.05, 0) is 48.5 Å². The number of pyridine rings is 1. The number of amides is 1. The van der Waals surface area contributed by atoms with Crippen molar-refractivity contribution < 1.29 is 13.9 Å². The van der Waals surface area contributed by atoms with E-state index in [2.05, 4.69) is 10.3 Å². The second-order valence-electron chi connectivity index (χ2n) is 4.73. The Kier molecular flexibility index (Phi) is 4.29. The Morgan fingerprint density at radius 2 is 1.70 bits per heavy atom. The minimum Gasteiger partial charge on any atom is -0.437 e. The number of benzene rings is 2. The van der Waals surface area contributed by atoms with Gasteiger partial charge in [-0.15, -0.1) is 0 Å². The molecule has 1 amide bonds. The number of ether oxygens (including phenoxy) is 1. The molecule has 0 atom stereocenters. The molecule has 1 heterocycles. The minimum atomic E-state index is -0.393. The van der Waals surface area contributed by atoms with Crippen LogP contribution in [-0.4, -0.2) is 10.9 Å². The Morgan fingerprint density at radius 3 is 2.43 bits per heavy atom. The van der Waals surface area contributed by atoms with Crippen LogP contribution in [-0.2, 0) is 0 Å². The summed E-state index contributed by atoms with van der Waals surface area (Å²) in [5.74, 6) is 0.143. The molecule has 1 aromatic heterocycles. The molecule has 23 heavy (non-hydrogen) atoms. The van der Waals surface area contributed by atoms with E-state index in [1.54, 1.807) is 30.5 Å². The van der Waals surface area contributed by atoms with Crippen molar-refractivity contribution in [1.82, 2.24) is 4.98 Å². The SMILES string of the molecule is O=C(Nc1cccnc1Oc1ccccc1)c1ccc(F)cc1. The molecule has 0 bridgehead atoms. The standard InChI is InChI=1S/C18H13FN2O2/c19-14-10-8-13(9-11-14)17(22)21-16-7-4-12-20-18(16)23-15-5-2-1-3-6-15/h1-12H,(H,21,22). The number of hydrogen-bond donors (Lipinski definition) is 1. The molecule has 5 heteroatoms. The first kappa shape index (κ1) is 14.7. The fourth-order valence-electron chi connectivity index (χ4n) is 1.96. The van der Waals surface area contributed by atoms with Crippen LogP contribution in [0.15, 0.2) is 72.9 Å². The summed E-state index contributed by atoms with van der Waals surface area (Å²) in [4.78, 5) is 16.4. The number of nitrogens with one attached hydrogen (secondary N) is 1. The van der Waals surface area contributed by atoms with E-state index in [1.807, 2.05) is 18.2 Å². The fraction of sp³-hybridized carbons (Fsp3) is 0. The fourth-order valence-corrected chi connectivity index (χ4v) is 1.96. The smallest absolute Gasteiger partial charge is 0.255 e. The van der Waals surface area contributed by atoms with Gasteiger partial charge in [-0.1, -0.05) is 18.2 Å². The number of para-hydroxylation sites is 1. The van der Waals surface area contributed by atoms with Crippen molar-refractivity contribution in [3.8, 4) is 11.6 Å². The summed E-state index contributed by atoms with van der Waals surface area (Å²) in [5, 5.41) is 2.72. The van der Waals surface area contributed by atoms with Gasteiger partial charge in [0, 0.05) is 11.8 Å². The van der Waals surface area contributed by atoms with Gasteiger partial charge in [0.15, 0.2) is 0 Å². The number of aromatic nitrogens is 1. The highest BCUT2D eigenvalue weighted by molar-refractivity contribution is 6.04. The third kappa shape index (κ3) is 3.71. The van der Waals surface area contributed by atoms with Crippen LogP contribution in [0.4, 0.5) is 10.1 Å². The van der Waals surface area contributed by atoms with Crippen LogP contribution in [0.5, 0.6) is 11.6 Å². The second-order valence-corrected chi connectivity index (χ2v) is 4.73. The van der Waals surface area contributed by atoms with Crippen molar-refractivity contribution in [2.45, 2.75) is 0 Å². The molecule has 0 saturated carbocycles. The van der Waals surface area contributed by atoms with Crippen LogP contribution in [0.1, 0.15) is 10.4 Å². The van der Waals surface area contributed by atoms with Crippen LogP contribution in [0, 0.1) is 5.82 Å². The van der Waals surface area contributed by atoms with Crippen LogP contribution in [0.2, 0.25) is 0 Å². The molecule has 0 aliphatic heterocycles. The first-order valence-corrected chi connectivity index (χ1v) is 6.97. The van der Waals surface area contributed by atoms with E-state index in [0.29, 0.717) is 17.0 Å². The van der Waals surface area contributed by atoms with Crippen molar-refractivity contribution in [1.29, 1.82) is 0 Å². The zero-order chi connectivity index (χ0) is 16.1. The molecule has 0 aliphatic carbocycles. The van der Waals surface area contributed by atoms with Gasteiger partial charge in [-0.25, -0.2) is 9.37 Å². The quantitative estimate of drug-likeness (QED) is 0.783. The largest absolute Gasteiger partial charge is 0.437 e. The number of halogens is 1. The zero-order valence-corrected chi connectivity index (χ0v) is 12.1. The molecule has 1 N–H and O–H groups in total. The molecule has 0 fully saturated rings. The molecular weight excluding hydrogens is 295 g/mol. The highest BCUT2D eigenvalue weighted by atomic mass is 19.1. The number of carbonyl (C=O) groups is 1. The Bertz CT molecular complexity index is 805. The average Bonchev–Trinajstić information content (AvgIpc) is 2.58. The summed E-state index contributed by atoms with van der Waals surface area (Å²) in [6.07, 6.45) is 1.58. The molecule has 3 rings (SSSR count). The molecule has 4 nitrogen and oxygen atoms in total. The molecular formula is C18H13FN2O2. The van der Waals surface area contributed by atoms with E-state index in [4.69, 9.17) is 4.74 Å². The Hall–Kier alpha value is -3.21. The van der Waals surface area contributed by atoms with Crippen molar-refractivity contribution in [2.75, 3.05) is 5.32 Å². The van der Waals surface area contributed by atoms with Crippen LogP contribution >= 0.6 is 0 Å². The number of carbonyl (C=O) groups excluding carboxylic acids is 1. The summed E-state index contributed by atoms with van der Waals surface area (Å²) in [5.41, 5.74) is 0.784. The maximum absolute atomic E-state index is 12.9. The third-order valence-electron chi connectivity index (χ3n) is 3.08. The van der Waals surface area contributed by atoms with Gasteiger partial charge in [0.1, 0.15) is 17.3 Å². The topological polar surface area (TPSA) is 51.2 Å². The Balaban J connectivity index is 1.80. The van der Waals surface area contributed by atoms with E-state index in [0.717, 1.165) is 0 Å². The summed E-state index contributed by atoms with van der Waals surface area (Å²) in [6, 6.07) is 17.8. The van der Waals surface area contributed by atoms with Gasteiger partial charge >= 0.3 is 0 Å². The summed E-state index contributed by atoms with van der Waals surface area (Å²) in [6.45, 7) is 0. The molecule has 3 aromatic rings. The molecule has 0 spiro atoms. The van der Waals surface area contributed by atoms with E-state index in [1.165, 1.54) is 24.3 Å². The lowest BCUT2D eigenvalue weighted by atomic mass is 10.2. The maximum atomic E-state index is 12.9. The Morgan fingerprint density at radius 1 is 0.957 bits per heavy atom. The Labute approximate surface area is 132 Å². The second kappa shape index (κ2) is 6.70. The summed E-state index contributed by atoms with van der Waals surface area (Å²) < 4.78 is 18.6. The van der Waals surface area contributed by atoms with E-state index < -0.39 is 5.82 Å². The average molecular weight is 308 g/mol. The molecule has 114 valence electrons. The zero-order valence-electron chi connectivity index (χ0n) is 12.1. The highest BCUT2D eigenvalue weighted by Gasteiger charge is 2.11. The molecule has 0 unspecified atom stereocenters. The lowest BCUT2D eigenvalue weighted by molar-refractivity contribution is 0.102. The highest BCUT2D eigenvalue weighted by Crippen LogP contribution is 2.26. The normalized spacial score (nSPS) is 10.1. The van der Waals surface area contributed by atoms with Crippen LogP contribution in [0.3, 0.4) is 0 Å². The number of rotatable bonds is 4. The van der Waals surface area contributed by atoms with Crippen LogP contribution in [0.25, 0.3) is 0 Å². The predicted octanol–water partition coefficient (Wildman–Crippen LogP) is 4.27. The molecule has 2 aromatic carbocycles. The number of anilines is 1. The summed E-state index contributed by atoms with van der Waals surface area (Å²) in [7, 11) is 0. The van der Waals surface area contributed by atoms with E-state index in [-0.39, 0.29) is 11.8 Å². The predicted molar refractivity (Wildman–Crippen MR) is 85.1 cm³/mol.